The van der Waals surface area contributed by atoms with E-state index in [4.69, 9.17) is 14.2 Å². The molecule has 3 rings (SSSR count). The maximum Gasteiger partial charge on any atom is 0.262 e. The third-order valence-corrected chi connectivity index (χ3v) is 2.86. The molecule has 1 N–H and O–H groups in total. The van der Waals surface area contributed by atoms with Gasteiger partial charge in [-0.05, 0) is 12.1 Å². The molecule has 20 heavy (non-hydrogen) atoms. The molecule has 0 fully saturated rings. The highest BCUT2D eigenvalue weighted by Gasteiger charge is 2.18. The number of amides is 1. The van der Waals surface area contributed by atoms with E-state index in [9.17, 15) is 4.79 Å². The number of methoxy groups -OCH3 is 1. The normalized spacial score (nSPS) is 12.3. The van der Waals surface area contributed by atoms with Crippen LogP contribution >= 0.6 is 0 Å². The standard InChI is InChI=1S/C13H13N3O4/c1-16-6-9(13(15-16)18-2)12(17)14-8-3-4-10-11(5-8)20-7-19-10/h3-6H,7H2,1-2H3,(H,14,17). The Bertz CT molecular complexity index is 666. The summed E-state index contributed by atoms with van der Waals surface area (Å²) in [4.78, 5) is 12.2. The van der Waals surface area contributed by atoms with Gasteiger partial charge in [0.2, 0.25) is 12.7 Å². The summed E-state index contributed by atoms with van der Waals surface area (Å²) in [6, 6.07) is 5.20. The van der Waals surface area contributed by atoms with Crippen LogP contribution in [0.4, 0.5) is 5.69 Å². The first-order valence-electron chi connectivity index (χ1n) is 5.96. The zero-order valence-electron chi connectivity index (χ0n) is 11.0. The molecule has 1 amide bonds. The van der Waals surface area contributed by atoms with Crippen molar-refractivity contribution in [2.75, 3.05) is 19.2 Å². The van der Waals surface area contributed by atoms with Crippen molar-refractivity contribution in [1.29, 1.82) is 0 Å². The van der Waals surface area contributed by atoms with Crippen LogP contribution in [0.5, 0.6) is 17.4 Å². The van der Waals surface area contributed by atoms with E-state index in [0.717, 1.165) is 0 Å². The minimum absolute atomic E-state index is 0.198. The van der Waals surface area contributed by atoms with E-state index >= 15 is 0 Å². The van der Waals surface area contributed by atoms with Crippen molar-refractivity contribution in [3.8, 4) is 17.4 Å². The molecular weight excluding hydrogens is 262 g/mol. The van der Waals surface area contributed by atoms with Crippen LogP contribution in [0.1, 0.15) is 10.4 Å². The highest BCUT2D eigenvalue weighted by molar-refractivity contribution is 6.05. The van der Waals surface area contributed by atoms with Gasteiger partial charge >= 0.3 is 0 Å². The van der Waals surface area contributed by atoms with Gasteiger partial charge in [0.15, 0.2) is 11.5 Å². The summed E-state index contributed by atoms with van der Waals surface area (Å²) in [5, 5.41) is 6.81. The monoisotopic (exact) mass is 275 g/mol. The van der Waals surface area contributed by atoms with Gasteiger partial charge in [0.25, 0.3) is 5.91 Å². The summed E-state index contributed by atoms with van der Waals surface area (Å²) in [5.41, 5.74) is 0.984. The van der Waals surface area contributed by atoms with Gasteiger partial charge in [0, 0.05) is 25.0 Å². The molecule has 1 aromatic heterocycles. The van der Waals surface area contributed by atoms with Crippen LogP contribution in [0.2, 0.25) is 0 Å². The lowest BCUT2D eigenvalue weighted by molar-refractivity contribution is 0.102. The van der Waals surface area contributed by atoms with Crippen LogP contribution in [-0.2, 0) is 7.05 Å². The second-order valence-corrected chi connectivity index (χ2v) is 4.25. The molecule has 2 aromatic rings. The van der Waals surface area contributed by atoms with Gasteiger partial charge in [0.1, 0.15) is 5.56 Å². The van der Waals surface area contributed by atoms with Crippen LogP contribution in [0.15, 0.2) is 24.4 Å². The molecule has 0 saturated carbocycles. The number of carbonyl (C=O) groups is 1. The molecule has 1 aromatic carbocycles. The third kappa shape index (κ3) is 2.13. The number of carbonyl (C=O) groups excluding carboxylic acids is 1. The summed E-state index contributed by atoms with van der Waals surface area (Å²) >= 11 is 0. The van der Waals surface area contributed by atoms with Crippen LogP contribution < -0.4 is 19.5 Å². The van der Waals surface area contributed by atoms with Crippen molar-refractivity contribution in [1.82, 2.24) is 9.78 Å². The number of hydrogen-bond donors (Lipinski definition) is 1. The van der Waals surface area contributed by atoms with Gasteiger partial charge in [0.05, 0.1) is 7.11 Å². The average molecular weight is 275 g/mol. The van der Waals surface area contributed by atoms with Crippen LogP contribution in [0.25, 0.3) is 0 Å². The number of hydrogen-bond acceptors (Lipinski definition) is 5. The molecule has 0 aliphatic carbocycles. The molecule has 0 bridgehead atoms. The number of aromatic nitrogens is 2. The quantitative estimate of drug-likeness (QED) is 0.916. The molecule has 104 valence electrons. The number of aryl methyl sites for hydroxylation is 1. The van der Waals surface area contributed by atoms with Crippen molar-refractivity contribution in [3.63, 3.8) is 0 Å². The molecule has 1 aliphatic heterocycles. The van der Waals surface area contributed by atoms with Crippen molar-refractivity contribution < 1.29 is 19.0 Å². The first-order valence-corrected chi connectivity index (χ1v) is 5.96. The summed E-state index contributed by atoms with van der Waals surface area (Å²) in [6.45, 7) is 0.198. The van der Waals surface area contributed by atoms with E-state index in [-0.39, 0.29) is 18.6 Å². The second-order valence-electron chi connectivity index (χ2n) is 4.25. The zero-order valence-corrected chi connectivity index (χ0v) is 11.0. The number of rotatable bonds is 3. The molecule has 2 heterocycles. The molecule has 0 radical (unpaired) electrons. The predicted molar refractivity (Wildman–Crippen MR) is 70.3 cm³/mol. The van der Waals surface area contributed by atoms with E-state index in [2.05, 4.69) is 10.4 Å². The van der Waals surface area contributed by atoms with Crippen LogP contribution in [0.3, 0.4) is 0 Å². The third-order valence-electron chi connectivity index (χ3n) is 2.86. The minimum Gasteiger partial charge on any atom is -0.479 e. The molecule has 0 unspecified atom stereocenters. The Morgan fingerprint density at radius 2 is 2.20 bits per heavy atom. The van der Waals surface area contributed by atoms with Gasteiger partial charge in [-0.3, -0.25) is 9.48 Å². The fraction of sp³-hybridized carbons (Fsp3) is 0.231. The number of nitrogens with one attached hydrogen (secondary N) is 1. The average Bonchev–Trinajstić information content (AvgIpc) is 3.03. The summed E-state index contributed by atoms with van der Waals surface area (Å²) in [5.74, 6) is 1.27. The Morgan fingerprint density at radius 1 is 1.40 bits per heavy atom. The first-order chi connectivity index (χ1) is 9.67. The topological polar surface area (TPSA) is 74.6 Å². The van der Waals surface area contributed by atoms with E-state index in [1.807, 2.05) is 0 Å². The maximum atomic E-state index is 12.2. The lowest BCUT2D eigenvalue weighted by atomic mass is 10.2. The van der Waals surface area contributed by atoms with E-state index in [1.54, 1.807) is 31.4 Å². The molecule has 7 heteroatoms. The molecule has 0 spiro atoms. The van der Waals surface area contributed by atoms with Gasteiger partial charge in [-0.15, -0.1) is 5.10 Å². The second kappa shape index (κ2) is 4.76. The molecular formula is C13H13N3O4. The fourth-order valence-electron chi connectivity index (χ4n) is 1.95. The van der Waals surface area contributed by atoms with E-state index in [0.29, 0.717) is 22.7 Å². The Morgan fingerprint density at radius 3 is 3.00 bits per heavy atom. The lowest BCUT2D eigenvalue weighted by Gasteiger charge is -2.05. The number of benzene rings is 1. The predicted octanol–water partition coefficient (Wildman–Crippen LogP) is 1.41. The number of anilines is 1. The van der Waals surface area contributed by atoms with Crippen molar-refractivity contribution in [2.45, 2.75) is 0 Å². The molecule has 0 saturated heterocycles. The van der Waals surface area contributed by atoms with Gasteiger partial charge in [-0.25, -0.2) is 0 Å². The highest BCUT2D eigenvalue weighted by atomic mass is 16.7. The lowest BCUT2D eigenvalue weighted by Crippen LogP contribution is -2.12. The summed E-state index contributed by atoms with van der Waals surface area (Å²) < 4.78 is 17.1. The van der Waals surface area contributed by atoms with Crippen LogP contribution in [-0.4, -0.2) is 29.6 Å². The minimum atomic E-state index is -0.297. The Balaban J connectivity index is 1.82. The summed E-state index contributed by atoms with van der Waals surface area (Å²) in [7, 11) is 3.19. The highest BCUT2D eigenvalue weighted by Crippen LogP contribution is 2.34. The fourth-order valence-corrected chi connectivity index (χ4v) is 1.95. The number of ether oxygens (including phenoxy) is 3. The Hall–Kier alpha value is -2.70. The van der Waals surface area contributed by atoms with Crippen LogP contribution in [0, 0.1) is 0 Å². The summed E-state index contributed by atoms with van der Waals surface area (Å²) in [6.07, 6.45) is 1.60. The van der Waals surface area contributed by atoms with E-state index in [1.165, 1.54) is 11.8 Å². The largest absolute Gasteiger partial charge is 0.479 e. The van der Waals surface area contributed by atoms with Gasteiger partial charge in [-0.1, -0.05) is 0 Å². The molecule has 7 nitrogen and oxygen atoms in total. The molecule has 0 atom stereocenters. The van der Waals surface area contributed by atoms with Gasteiger partial charge < -0.3 is 19.5 Å². The maximum absolute atomic E-state index is 12.2. The van der Waals surface area contributed by atoms with E-state index < -0.39 is 0 Å². The molecule has 1 aliphatic rings. The van der Waals surface area contributed by atoms with Crippen molar-refractivity contribution >= 4 is 11.6 Å². The Labute approximate surface area is 115 Å². The smallest absolute Gasteiger partial charge is 0.262 e. The SMILES string of the molecule is COc1nn(C)cc1C(=O)Nc1ccc2c(c1)OCO2. The van der Waals surface area contributed by atoms with Crippen molar-refractivity contribution in [3.05, 3.63) is 30.0 Å². The first kappa shape index (κ1) is 12.3. The zero-order chi connectivity index (χ0) is 14.1. The number of fused-ring (bicyclic) bond motifs is 1. The Kier molecular flexibility index (Phi) is 2.94. The van der Waals surface area contributed by atoms with Gasteiger partial charge in [-0.2, -0.15) is 0 Å². The number of nitrogens with zero attached hydrogens (tertiary/aromatic N) is 2. The van der Waals surface area contributed by atoms with Crippen molar-refractivity contribution in [2.24, 2.45) is 7.05 Å².